The summed E-state index contributed by atoms with van der Waals surface area (Å²) in [6, 6.07) is 13.5. The molecule has 3 rings (SSSR count). The number of ether oxygens (including phenoxy) is 1. The Bertz CT molecular complexity index is 971. The van der Waals surface area contributed by atoms with Crippen LogP contribution in [0, 0.1) is 0 Å². The number of carbonyl (C=O) groups is 4. The summed E-state index contributed by atoms with van der Waals surface area (Å²) in [5.74, 6) is -1.23. The molecule has 9 nitrogen and oxygen atoms in total. The van der Waals surface area contributed by atoms with E-state index in [0.29, 0.717) is 18.5 Å². The fourth-order valence-electron chi connectivity index (χ4n) is 3.49. The average molecular weight is 453 g/mol. The van der Waals surface area contributed by atoms with Crippen LogP contribution in [0.4, 0.5) is 4.79 Å². The van der Waals surface area contributed by atoms with E-state index in [0.717, 1.165) is 12.0 Å². The van der Waals surface area contributed by atoms with E-state index < -0.39 is 30.1 Å². The molecule has 1 unspecified atom stereocenters. The van der Waals surface area contributed by atoms with Gasteiger partial charge in [0, 0.05) is 18.5 Å². The van der Waals surface area contributed by atoms with Crippen LogP contribution in [-0.2, 0) is 20.7 Å². The van der Waals surface area contributed by atoms with Crippen molar-refractivity contribution in [3.8, 4) is 5.75 Å². The first-order chi connectivity index (χ1) is 15.9. The van der Waals surface area contributed by atoms with Gasteiger partial charge in [-0.15, -0.1) is 0 Å². The molecule has 174 valence electrons. The molecule has 1 saturated heterocycles. The zero-order chi connectivity index (χ0) is 23.6. The fraction of sp³-hybridized carbons (Fsp3) is 0.333. The molecule has 1 aliphatic heterocycles. The van der Waals surface area contributed by atoms with Gasteiger partial charge in [-0.3, -0.25) is 9.59 Å². The van der Waals surface area contributed by atoms with Crippen molar-refractivity contribution < 1.29 is 29.0 Å². The van der Waals surface area contributed by atoms with Crippen LogP contribution in [0.1, 0.15) is 35.2 Å². The number of benzene rings is 2. The number of carbonyl (C=O) groups excluding carboxylic acids is 4. The van der Waals surface area contributed by atoms with Crippen LogP contribution >= 0.6 is 0 Å². The zero-order valence-electron chi connectivity index (χ0n) is 18.1. The minimum Gasteiger partial charge on any atom is -0.508 e. The quantitative estimate of drug-likeness (QED) is 0.335. The lowest BCUT2D eigenvalue weighted by Gasteiger charge is -2.18. The van der Waals surface area contributed by atoms with Crippen LogP contribution in [0.15, 0.2) is 54.6 Å². The molecule has 2 aromatic carbocycles. The molecule has 1 heterocycles. The Balaban J connectivity index is 1.55. The largest absolute Gasteiger partial charge is 0.508 e. The number of Topliss-reactive ketones (excluding diaryl/α,β-unsaturated/α-hetero) is 1. The predicted octanol–water partition coefficient (Wildman–Crippen LogP) is 1.70. The zero-order valence-corrected chi connectivity index (χ0v) is 18.1. The summed E-state index contributed by atoms with van der Waals surface area (Å²) >= 11 is 0. The molecule has 0 aliphatic carbocycles. The van der Waals surface area contributed by atoms with Crippen LogP contribution in [0.5, 0.6) is 5.75 Å². The standard InChI is InChI=1S/C24H27N3O6/c28-18-10-8-16(9-11-18)15-20(27-22(30)17-5-2-1-3-6-17)21(29)12-14-26-24(32)33-23(31)19-7-4-13-25-19/h1-3,5-6,8-11,19-20,25,28H,4,7,12-15H2,(H,26,32)(H,27,30)/t19-,20?/m0/s1. The third-order valence-electron chi connectivity index (χ3n) is 5.28. The third-order valence-corrected chi connectivity index (χ3v) is 5.28. The molecule has 0 saturated carbocycles. The van der Waals surface area contributed by atoms with Gasteiger partial charge in [-0.1, -0.05) is 30.3 Å². The van der Waals surface area contributed by atoms with Crippen LogP contribution in [0.3, 0.4) is 0 Å². The maximum absolute atomic E-state index is 12.9. The Kier molecular flexibility index (Phi) is 8.54. The van der Waals surface area contributed by atoms with Crippen molar-refractivity contribution in [1.29, 1.82) is 0 Å². The minimum absolute atomic E-state index is 0.0453. The SMILES string of the molecule is O=C(NCCC(=O)C(Cc1ccc(O)cc1)NC(=O)c1ccccc1)OC(=O)[C@@H]1CCCN1. The molecular formula is C24H27N3O6. The Labute approximate surface area is 191 Å². The van der Waals surface area contributed by atoms with Gasteiger partial charge in [0.25, 0.3) is 5.91 Å². The van der Waals surface area contributed by atoms with Crippen LogP contribution in [0.2, 0.25) is 0 Å². The normalized spacial score (nSPS) is 15.9. The topological polar surface area (TPSA) is 134 Å². The van der Waals surface area contributed by atoms with Crippen molar-refractivity contribution in [2.45, 2.75) is 37.8 Å². The molecule has 0 bridgehead atoms. The molecule has 0 spiro atoms. The molecule has 33 heavy (non-hydrogen) atoms. The van der Waals surface area contributed by atoms with E-state index >= 15 is 0 Å². The second-order valence-corrected chi connectivity index (χ2v) is 7.76. The Morgan fingerprint density at radius 2 is 1.79 bits per heavy atom. The molecule has 2 atom stereocenters. The molecule has 1 fully saturated rings. The smallest absolute Gasteiger partial charge is 0.414 e. The summed E-state index contributed by atoms with van der Waals surface area (Å²) in [6.45, 7) is 0.656. The molecule has 2 aromatic rings. The first kappa shape index (κ1) is 23.9. The number of hydrogen-bond donors (Lipinski definition) is 4. The van der Waals surface area contributed by atoms with Gasteiger partial charge >= 0.3 is 12.1 Å². The summed E-state index contributed by atoms with van der Waals surface area (Å²) in [4.78, 5) is 49.2. The average Bonchev–Trinajstić information content (AvgIpc) is 3.36. The molecule has 1 aliphatic rings. The summed E-state index contributed by atoms with van der Waals surface area (Å²) in [7, 11) is 0. The number of ketones is 1. The number of alkyl carbamates (subject to hydrolysis) is 1. The first-order valence-corrected chi connectivity index (χ1v) is 10.8. The monoisotopic (exact) mass is 453 g/mol. The predicted molar refractivity (Wildman–Crippen MR) is 120 cm³/mol. The second kappa shape index (κ2) is 11.8. The molecule has 0 radical (unpaired) electrons. The summed E-state index contributed by atoms with van der Waals surface area (Å²) in [5, 5.41) is 17.6. The summed E-state index contributed by atoms with van der Waals surface area (Å²) in [5.41, 5.74) is 1.17. The molecule has 9 heteroatoms. The summed E-state index contributed by atoms with van der Waals surface area (Å²) in [6.07, 6.45) is 0.693. The number of aromatic hydroxyl groups is 1. The lowest BCUT2D eigenvalue weighted by Crippen LogP contribution is -2.43. The highest BCUT2D eigenvalue weighted by atomic mass is 16.6. The fourth-order valence-corrected chi connectivity index (χ4v) is 3.49. The van der Waals surface area contributed by atoms with Crippen molar-refractivity contribution in [1.82, 2.24) is 16.0 Å². The number of esters is 1. The molecule has 0 aromatic heterocycles. The van der Waals surface area contributed by atoms with Crippen LogP contribution < -0.4 is 16.0 Å². The minimum atomic E-state index is -0.912. The number of phenols is 1. The number of nitrogens with one attached hydrogen (secondary N) is 3. The Morgan fingerprint density at radius 3 is 2.45 bits per heavy atom. The Hall–Kier alpha value is -3.72. The maximum atomic E-state index is 12.9. The highest BCUT2D eigenvalue weighted by Crippen LogP contribution is 2.13. The third kappa shape index (κ3) is 7.43. The van der Waals surface area contributed by atoms with Crippen molar-refractivity contribution in [3.63, 3.8) is 0 Å². The second-order valence-electron chi connectivity index (χ2n) is 7.76. The molecular weight excluding hydrogens is 426 g/mol. The van der Waals surface area contributed by atoms with E-state index in [1.165, 1.54) is 12.1 Å². The highest BCUT2D eigenvalue weighted by Gasteiger charge is 2.26. The number of phenolic OH excluding ortho intramolecular Hbond substituents is 1. The number of hydrogen-bond acceptors (Lipinski definition) is 7. The van der Waals surface area contributed by atoms with E-state index in [1.54, 1.807) is 42.5 Å². The van der Waals surface area contributed by atoms with Gasteiger partial charge in [-0.25, -0.2) is 9.59 Å². The van der Waals surface area contributed by atoms with Crippen molar-refractivity contribution in [3.05, 3.63) is 65.7 Å². The lowest BCUT2D eigenvalue weighted by molar-refractivity contribution is -0.139. The van der Waals surface area contributed by atoms with Gasteiger partial charge in [0.05, 0.1) is 6.04 Å². The number of amides is 2. The summed E-state index contributed by atoms with van der Waals surface area (Å²) < 4.78 is 4.75. The van der Waals surface area contributed by atoms with Gasteiger partial charge < -0.3 is 25.8 Å². The van der Waals surface area contributed by atoms with Gasteiger partial charge in [0.15, 0.2) is 5.78 Å². The van der Waals surface area contributed by atoms with E-state index in [2.05, 4.69) is 16.0 Å². The van der Waals surface area contributed by atoms with Crippen LogP contribution in [0.25, 0.3) is 0 Å². The van der Waals surface area contributed by atoms with E-state index in [-0.39, 0.29) is 30.9 Å². The molecule has 2 amide bonds. The van der Waals surface area contributed by atoms with Gasteiger partial charge in [-0.05, 0) is 55.6 Å². The lowest BCUT2D eigenvalue weighted by atomic mass is 10.00. The van der Waals surface area contributed by atoms with Gasteiger partial charge in [0.1, 0.15) is 11.8 Å². The van der Waals surface area contributed by atoms with Gasteiger partial charge in [0.2, 0.25) is 0 Å². The Morgan fingerprint density at radius 1 is 1.06 bits per heavy atom. The first-order valence-electron chi connectivity index (χ1n) is 10.8. The molecule has 4 N–H and O–H groups in total. The maximum Gasteiger partial charge on any atom is 0.414 e. The van der Waals surface area contributed by atoms with E-state index in [1.807, 2.05) is 0 Å². The van der Waals surface area contributed by atoms with Crippen LogP contribution in [-0.4, -0.2) is 54.0 Å². The van der Waals surface area contributed by atoms with E-state index in [9.17, 15) is 24.3 Å². The van der Waals surface area contributed by atoms with Crippen molar-refractivity contribution in [2.24, 2.45) is 0 Å². The van der Waals surface area contributed by atoms with Gasteiger partial charge in [-0.2, -0.15) is 0 Å². The van der Waals surface area contributed by atoms with Crippen molar-refractivity contribution in [2.75, 3.05) is 13.1 Å². The van der Waals surface area contributed by atoms with Crippen molar-refractivity contribution >= 4 is 23.8 Å². The van der Waals surface area contributed by atoms with E-state index in [4.69, 9.17) is 4.74 Å². The number of rotatable bonds is 9. The highest BCUT2D eigenvalue weighted by molar-refractivity contribution is 5.98.